The highest BCUT2D eigenvalue weighted by Gasteiger charge is 2.41. The molecule has 0 saturated carbocycles. The van der Waals surface area contributed by atoms with E-state index >= 15 is 0 Å². The third-order valence-corrected chi connectivity index (χ3v) is 5.12. The molecule has 1 saturated heterocycles. The van der Waals surface area contributed by atoms with E-state index in [9.17, 15) is 9.59 Å². The largest absolute Gasteiger partial charge is 0.364 e. The van der Waals surface area contributed by atoms with Gasteiger partial charge in [0.15, 0.2) is 0 Å². The summed E-state index contributed by atoms with van der Waals surface area (Å²) in [5.74, 6) is -0.433. The highest BCUT2D eigenvalue weighted by Crippen LogP contribution is 2.32. The number of nitrogens with zero attached hydrogens (tertiary/aromatic N) is 4. The van der Waals surface area contributed by atoms with Crippen LogP contribution in [0.15, 0.2) is 60.6 Å². The molecule has 0 spiro atoms. The van der Waals surface area contributed by atoms with Gasteiger partial charge in [-0.15, -0.1) is 0 Å². The predicted octanol–water partition coefficient (Wildman–Crippen LogP) is 1.61. The normalized spacial score (nSPS) is 18.6. The van der Waals surface area contributed by atoms with Gasteiger partial charge in [-0.3, -0.25) is 19.5 Å². The molecule has 0 bridgehead atoms. The minimum Gasteiger partial charge on any atom is -0.364 e. The fraction of sp³-hybridized carbons (Fsp3) is 0.286. The molecule has 0 unspecified atom stereocenters. The molecule has 6 heteroatoms. The minimum absolute atomic E-state index is 0.208. The van der Waals surface area contributed by atoms with Gasteiger partial charge in [-0.1, -0.05) is 30.3 Å². The number of hydrogen-bond acceptors (Lipinski definition) is 5. The van der Waals surface area contributed by atoms with Crippen molar-refractivity contribution in [1.82, 2.24) is 19.7 Å². The van der Waals surface area contributed by atoms with Crippen molar-refractivity contribution in [2.24, 2.45) is 0 Å². The molecule has 2 aromatic rings. The number of imide groups is 1. The van der Waals surface area contributed by atoms with Gasteiger partial charge in [-0.05, 0) is 30.3 Å². The summed E-state index contributed by atoms with van der Waals surface area (Å²) in [6.07, 6.45) is 3.35. The Bertz CT molecular complexity index is 872. The molecule has 27 heavy (non-hydrogen) atoms. The SMILES string of the molecule is CN1CCN(C2=C(c3ccccc3)C(=O)N(Cc3ccncc3)C2=O)CC1. The number of carbonyl (C=O) groups excluding carboxylic acids is 2. The molecule has 1 fully saturated rings. The minimum atomic E-state index is -0.225. The smallest absolute Gasteiger partial charge is 0.278 e. The van der Waals surface area contributed by atoms with Crippen LogP contribution in [0.5, 0.6) is 0 Å². The molecule has 0 aliphatic carbocycles. The second-order valence-electron chi connectivity index (χ2n) is 6.93. The van der Waals surface area contributed by atoms with Crippen LogP contribution in [-0.2, 0) is 16.1 Å². The van der Waals surface area contributed by atoms with E-state index in [-0.39, 0.29) is 18.4 Å². The molecule has 6 nitrogen and oxygen atoms in total. The summed E-state index contributed by atoms with van der Waals surface area (Å²) in [7, 11) is 2.07. The lowest BCUT2D eigenvalue weighted by Gasteiger charge is -2.34. The van der Waals surface area contributed by atoms with Crippen LogP contribution in [0, 0.1) is 0 Å². The van der Waals surface area contributed by atoms with Gasteiger partial charge in [0.25, 0.3) is 11.8 Å². The molecule has 0 N–H and O–H groups in total. The second-order valence-corrected chi connectivity index (χ2v) is 6.93. The van der Waals surface area contributed by atoms with Gasteiger partial charge in [0.05, 0.1) is 12.1 Å². The Kier molecular flexibility index (Phi) is 4.73. The summed E-state index contributed by atoms with van der Waals surface area (Å²) < 4.78 is 0. The number of pyridine rings is 1. The molecule has 2 aliphatic heterocycles. The maximum absolute atomic E-state index is 13.3. The molecular formula is C21H22N4O2. The summed E-state index contributed by atoms with van der Waals surface area (Å²) in [6, 6.07) is 13.2. The van der Waals surface area contributed by atoms with Crippen molar-refractivity contribution < 1.29 is 9.59 Å². The topological polar surface area (TPSA) is 56.8 Å². The predicted molar refractivity (Wildman–Crippen MR) is 102 cm³/mol. The number of piperazine rings is 1. The third kappa shape index (κ3) is 3.36. The Labute approximate surface area is 158 Å². The average molecular weight is 362 g/mol. The zero-order valence-corrected chi connectivity index (χ0v) is 15.3. The van der Waals surface area contributed by atoms with Crippen molar-refractivity contribution in [1.29, 1.82) is 0 Å². The summed E-state index contributed by atoms with van der Waals surface area (Å²) >= 11 is 0. The fourth-order valence-corrected chi connectivity index (χ4v) is 3.57. The Balaban J connectivity index is 1.71. The Morgan fingerprint density at radius 1 is 0.889 bits per heavy atom. The molecule has 0 radical (unpaired) electrons. The van der Waals surface area contributed by atoms with Gasteiger partial charge in [-0.2, -0.15) is 0 Å². The van der Waals surface area contributed by atoms with Crippen LogP contribution in [0.4, 0.5) is 0 Å². The van der Waals surface area contributed by atoms with Gasteiger partial charge in [0, 0.05) is 38.6 Å². The molecule has 138 valence electrons. The maximum Gasteiger partial charge on any atom is 0.278 e. The molecule has 3 heterocycles. The van der Waals surface area contributed by atoms with E-state index in [2.05, 4.69) is 21.8 Å². The van der Waals surface area contributed by atoms with Gasteiger partial charge in [-0.25, -0.2) is 0 Å². The monoisotopic (exact) mass is 362 g/mol. The summed E-state index contributed by atoms with van der Waals surface area (Å²) in [5, 5.41) is 0. The standard InChI is InChI=1S/C21H22N4O2/c1-23-11-13-24(14-12-23)19-18(17-5-3-2-4-6-17)20(26)25(21(19)27)15-16-7-9-22-10-8-16/h2-10H,11-15H2,1H3. The second kappa shape index (κ2) is 7.32. The molecule has 2 amide bonds. The van der Waals surface area contributed by atoms with Crippen molar-refractivity contribution in [3.63, 3.8) is 0 Å². The molecular weight excluding hydrogens is 340 g/mol. The highest BCUT2D eigenvalue weighted by atomic mass is 16.2. The highest BCUT2D eigenvalue weighted by molar-refractivity contribution is 6.35. The van der Waals surface area contributed by atoms with Crippen molar-refractivity contribution in [2.75, 3.05) is 33.2 Å². The molecule has 2 aliphatic rings. The summed E-state index contributed by atoms with van der Waals surface area (Å²) in [5.41, 5.74) is 2.73. The lowest BCUT2D eigenvalue weighted by Crippen LogP contribution is -2.46. The fourth-order valence-electron chi connectivity index (χ4n) is 3.57. The number of aromatic nitrogens is 1. The number of amides is 2. The lowest BCUT2D eigenvalue weighted by atomic mass is 10.0. The first-order valence-electron chi connectivity index (χ1n) is 9.13. The van der Waals surface area contributed by atoms with E-state index < -0.39 is 0 Å². The zero-order chi connectivity index (χ0) is 18.8. The van der Waals surface area contributed by atoms with E-state index in [1.165, 1.54) is 4.90 Å². The first-order chi connectivity index (χ1) is 13.1. The number of carbonyl (C=O) groups is 2. The van der Waals surface area contributed by atoms with E-state index in [0.717, 1.165) is 37.3 Å². The summed E-state index contributed by atoms with van der Waals surface area (Å²) in [6.45, 7) is 3.48. The van der Waals surface area contributed by atoms with E-state index in [1.807, 2.05) is 42.5 Å². The molecule has 0 atom stereocenters. The van der Waals surface area contributed by atoms with E-state index in [0.29, 0.717) is 11.3 Å². The first-order valence-corrected chi connectivity index (χ1v) is 9.13. The van der Waals surface area contributed by atoms with Crippen molar-refractivity contribution in [3.8, 4) is 0 Å². The molecule has 4 rings (SSSR count). The van der Waals surface area contributed by atoms with Crippen molar-refractivity contribution >= 4 is 17.4 Å². The van der Waals surface area contributed by atoms with Crippen LogP contribution in [0.25, 0.3) is 5.57 Å². The van der Waals surface area contributed by atoms with Crippen molar-refractivity contribution in [2.45, 2.75) is 6.54 Å². The molecule has 1 aromatic carbocycles. The van der Waals surface area contributed by atoms with Crippen LogP contribution < -0.4 is 0 Å². The number of benzene rings is 1. The Morgan fingerprint density at radius 2 is 1.56 bits per heavy atom. The Hall–Kier alpha value is -2.99. The third-order valence-electron chi connectivity index (χ3n) is 5.12. The van der Waals surface area contributed by atoms with Gasteiger partial charge >= 0.3 is 0 Å². The van der Waals surface area contributed by atoms with Gasteiger partial charge in [0.1, 0.15) is 5.70 Å². The van der Waals surface area contributed by atoms with Crippen LogP contribution in [0.3, 0.4) is 0 Å². The van der Waals surface area contributed by atoms with Crippen LogP contribution in [-0.4, -0.2) is 64.7 Å². The molecule has 1 aromatic heterocycles. The van der Waals surface area contributed by atoms with E-state index in [4.69, 9.17) is 0 Å². The number of rotatable bonds is 4. The quantitative estimate of drug-likeness (QED) is 0.774. The maximum atomic E-state index is 13.3. The van der Waals surface area contributed by atoms with Crippen LogP contribution >= 0.6 is 0 Å². The van der Waals surface area contributed by atoms with E-state index in [1.54, 1.807) is 12.4 Å². The zero-order valence-electron chi connectivity index (χ0n) is 15.3. The number of likely N-dealkylation sites (N-methyl/N-ethyl adjacent to an activating group) is 1. The van der Waals surface area contributed by atoms with Crippen LogP contribution in [0.1, 0.15) is 11.1 Å². The first kappa shape index (κ1) is 17.4. The van der Waals surface area contributed by atoms with Crippen LogP contribution in [0.2, 0.25) is 0 Å². The average Bonchev–Trinajstić information content (AvgIpc) is 2.95. The van der Waals surface area contributed by atoms with Crippen molar-refractivity contribution in [3.05, 3.63) is 71.7 Å². The lowest BCUT2D eigenvalue weighted by molar-refractivity contribution is -0.138. The number of hydrogen-bond donors (Lipinski definition) is 0. The summed E-state index contributed by atoms with van der Waals surface area (Å²) in [4.78, 5) is 36.1. The van der Waals surface area contributed by atoms with Gasteiger partial charge < -0.3 is 9.80 Å². The van der Waals surface area contributed by atoms with Gasteiger partial charge in [0.2, 0.25) is 0 Å². The Morgan fingerprint density at radius 3 is 2.22 bits per heavy atom.